The smallest absolute Gasteiger partial charge is 0.316 e. The van der Waals surface area contributed by atoms with E-state index in [4.69, 9.17) is 4.74 Å². The second-order valence-electron chi connectivity index (χ2n) is 4.90. The molecule has 0 radical (unpaired) electrons. The summed E-state index contributed by atoms with van der Waals surface area (Å²) >= 11 is 0. The first-order chi connectivity index (χ1) is 9.19. The number of hydrogen-bond donors (Lipinski definition) is 0. The summed E-state index contributed by atoms with van der Waals surface area (Å²) in [5.74, 6) is -0.714. The zero-order valence-corrected chi connectivity index (χ0v) is 11.9. The fraction of sp³-hybridized carbons (Fsp3) is 0.625. The van der Waals surface area contributed by atoms with Gasteiger partial charge in [-0.1, -0.05) is 24.3 Å². The predicted octanol–water partition coefficient (Wildman–Crippen LogP) is 3.45. The molecule has 3 nitrogen and oxygen atoms in total. The number of rotatable bonds is 7. The van der Waals surface area contributed by atoms with Crippen LogP contribution in [0.4, 0.5) is 0 Å². The van der Waals surface area contributed by atoms with E-state index in [0.717, 1.165) is 19.3 Å². The number of hydrogen-bond acceptors (Lipinski definition) is 3. The van der Waals surface area contributed by atoms with E-state index < -0.39 is 5.92 Å². The molecule has 0 heterocycles. The second kappa shape index (κ2) is 8.68. The van der Waals surface area contributed by atoms with Crippen LogP contribution in [-0.2, 0) is 14.3 Å². The Morgan fingerprint density at radius 2 is 2.26 bits per heavy atom. The van der Waals surface area contributed by atoms with Crippen LogP contribution in [0.2, 0.25) is 0 Å². The molecule has 0 bridgehead atoms. The SMILES string of the molecule is C/C=C/CC(C(=O)CC1C=CCCC1)C(=O)OCC. The van der Waals surface area contributed by atoms with Crippen LogP contribution in [0.3, 0.4) is 0 Å². The van der Waals surface area contributed by atoms with Crippen molar-refractivity contribution in [3.63, 3.8) is 0 Å². The van der Waals surface area contributed by atoms with Gasteiger partial charge in [-0.05, 0) is 45.4 Å². The van der Waals surface area contributed by atoms with E-state index >= 15 is 0 Å². The van der Waals surface area contributed by atoms with E-state index in [-0.39, 0.29) is 11.8 Å². The minimum absolute atomic E-state index is 0.00750. The lowest BCUT2D eigenvalue weighted by molar-refractivity contribution is -0.151. The van der Waals surface area contributed by atoms with Crippen molar-refractivity contribution in [2.45, 2.75) is 46.0 Å². The van der Waals surface area contributed by atoms with Crippen LogP contribution < -0.4 is 0 Å². The number of ketones is 1. The van der Waals surface area contributed by atoms with E-state index in [0.29, 0.717) is 25.4 Å². The van der Waals surface area contributed by atoms with Crippen LogP contribution in [0.5, 0.6) is 0 Å². The minimum atomic E-state index is -0.633. The van der Waals surface area contributed by atoms with Gasteiger partial charge in [-0.25, -0.2) is 0 Å². The zero-order valence-electron chi connectivity index (χ0n) is 11.9. The number of Topliss-reactive ketones (excluding diaryl/α,β-unsaturated/α-hetero) is 1. The van der Waals surface area contributed by atoms with Crippen molar-refractivity contribution < 1.29 is 14.3 Å². The summed E-state index contributed by atoms with van der Waals surface area (Å²) < 4.78 is 5.00. The van der Waals surface area contributed by atoms with Crippen LogP contribution in [0.25, 0.3) is 0 Å². The van der Waals surface area contributed by atoms with Crippen molar-refractivity contribution in [1.82, 2.24) is 0 Å². The van der Waals surface area contributed by atoms with Gasteiger partial charge in [0.1, 0.15) is 11.7 Å². The Morgan fingerprint density at radius 3 is 2.84 bits per heavy atom. The average molecular weight is 264 g/mol. The number of esters is 1. The summed E-state index contributed by atoms with van der Waals surface area (Å²) in [6, 6.07) is 0. The predicted molar refractivity (Wildman–Crippen MR) is 75.7 cm³/mol. The van der Waals surface area contributed by atoms with E-state index in [2.05, 4.69) is 12.2 Å². The van der Waals surface area contributed by atoms with Gasteiger partial charge >= 0.3 is 5.97 Å². The summed E-state index contributed by atoms with van der Waals surface area (Å²) in [5.41, 5.74) is 0. The molecule has 106 valence electrons. The van der Waals surface area contributed by atoms with Gasteiger partial charge in [-0.15, -0.1) is 0 Å². The van der Waals surface area contributed by atoms with Crippen LogP contribution in [0.1, 0.15) is 46.0 Å². The van der Waals surface area contributed by atoms with E-state index in [1.807, 2.05) is 19.1 Å². The van der Waals surface area contributed by atoms with Gasteiger partial charge < -0.3 is 4.74 Å². The molecule has 0 aliphatic heterocycles. The average Bonchev–Trinajstić information content (AvgIpc) is 2.40. The number of ether oxygens (including phenoxy) is 1. The maximum absolute atomic E-state index is 12.3. The molecule has 0 saturated carbocycles. The van der Waals surface area contributed by atoms with Gasteiger partial charge in [0, 0.05) is 6.42 Å². The van der Waals surface area contributed by atoms with Crippen molar-refractivity contribution in [3.8, 4) is 0 Å². The molecule has 0 fully saturated rings. The summed E-state index contributed by atoms with van der Waals surface area (Å²) in [5, 5.41) is 0. The lowest BCUT2D eigenvalue weighted by Gasteiger charge is -2.18. The molecule has 1 aliphatic rings. The van der Waals surface area contributed by atoms with Gasteiger partial charge in [-0.2, -0.15) is 0 Å². The van der Waals surface area contributed by atoms with Crippen molar-refractivity contribution in [2.24, 2.45) is 11.8 Å². The third-order valence-electron chi connectivity index (χ3n) is 3.38. The third kappa shape index (κ3) is 5.41. The molecule has 1 aliphatic carbocycles. The molecule has 0 aromatic heterocycles. The molecular formula is C16H24O3. The Bertz CT molecular complexity index is 355. The Hall–Kier alpha value is -1.38. The molecule has 0 aromatic rings. The zero-order chi connectivity index (χ0) is 14.1. The highest BCUT2D eigenvalue weighted by Crippen LogP contribution is 2.23. The highest BCUT2D eigenvalue weighted by atomic mass is 16.5. The second-order valence-corrected chi connectivity index (χ2v) is 4.90. The summed E-state index contributed by atoms with van der Waals surface area (Å²) in [7, 11) is 0. The Kier molecular flexibility index (Phi) is 7.16. The summed E-state index contributed by atoms with van der Waals surface area (Å²) in [6.45, 7) is 3.97. The maximum atomic E-state index is 12.3. The van der Waals surface area contributed by atoms with Crippen molar-refractivity contribution in [1.29, 1.82) is 0 Å². The normalized spacial score (nSPS) is 20.4. The first-order valence-electron chi connectivity index (χ1n) is 7.16. The first kappa shape index (κ1) is 15.7. The van der Waals surface area contributed by atoms with Gasteiger partial charge in [0.15, 0.2) is 0 Å². The molecule has 0 amide bonds. The summed E-state index contributed by atoms with van der Waals surface area (Å²) in [4.78, 5) is 24.1. The highest BCUT2D eigenvalue weighted by molar-refractivity contribution is 5.99. The standard InChI is InChI=1S/C16H24O3/c1-3-5-11-14(16(18)19-4-2)15(17)12-13-9-7-6-8-10-13/h3,5,7,9,13-14H,4,6,8,10-12H2,1-2H3/b5-3+. The molecule has 19 heavy (non-hydrogen) atoms. The topological polar surface area (TPSA) is 43.4 Å². The molecule has 2 atom stereocenters. The quantitative estimate of drug-likeness (QED) is 0.402. The number of carbonyl (C=O) groups excluding carboxylic acids is 2. The van der Waals surface area contributed by atoms with Gasteiger partial charge in [0.25, 0.3) is 0 Å². The maximum Gasteiger partial charge on any atom is 0.316 e. The van der Waals surface area contributed by atoms with Gasteiger partial charge in [0.05, 0.1) is 6.61 Å². The van der Waals surface area contributed by atoms with Crippen molar-refractivity contribution >= 4 is 11.8 Å². The molecule has 0 aromatic carbocycles. The molecule has 1 rings (SSSR count). The van der Waals surface area contributed by atoms with Crippen LogP contribution in [-0.4, -0.2) is 18.4 Å². The number of allylic oxidation sites excluding steroid dienone is 4. The Morgan fingerprint density at radius 1 is 1.47 bits per heavy atom. The minimum Gasteiger partial charge on any atom is -0.465 e. The molecule has 3 heteroatoms. The fourth-order valence-corrected chi connectivity index (χ4v) is 2.33. The number of carbonyl (C=O) groups is 2. The molecule has 0 spiro atoms. The monoisotopic (exact) mass is 264 g/mol. The Labute approximate surface area is 115 Å². The van der Waals surface area contributed by atoms with Gasteiger partial charge in [-0.3, -0.25) is 9.59 Å². The van der Waals surface area contributed by atoms with Crippen molar-refractivity contribution in [2.75, 3.05) is 6.61 Å². The first-order valence-corrected chi connectivity index (χ1v) is 7.16. The van der Waals surface area contributed by atoms with Crippen molar-refractivity contribution in [3.05, 3.63) is 24.3 Å². The van der Waals surface area contributed by atoms with E-state index in [1.165, 1.54) is 0 Å². The summed E-state index contributed by atoms with van der Waals surface area (Å²) in [6.07, 6.45) is 12.1. The largest absolute Gasteiger partial charge is 0.465 e. The Balaban J connectivity index is 2.61. The third-order valence-corrected chi connectivity index (χ3v) is 3.38. The molecule has 2 unspecified atom stereocenters. The molecule has 0 N–H and O–H groups in total. The van der Waals surface area contributed by atoms with Crippen LogP contribution in [0.15, 0.2) is 24.3 Å². The van der Waals surface area contributed by atoms with E-state index in [9.17, 15) is 9.59 Å². The highest BCUT2D eigenvalue weighted by Gasteiger charge is 2.28. The molecular weight excluding hydrogens is 240 g/mol. The lowest BCUT2D eigenvalue weighted by atomic mass is 9.87. The van der Waals surface area contributed by atoms with E-state index in [1.54, 1.807) is 6.92 Å². The van der Waals surface area contributed by atoms with Crippen LogP contribution in [0, 0.1) is 11.8 Å². The lowest BCUT2D eigenvalue weighted by Crippen LogP contribution is -2.27. The van der Waals surface area contributed by atoms with Crippen LogP contribution >= 0.6 is 0 Å². The van der Waals surface area contributed by atoms with Gasteiger partial charge in [0.2, 0.25) is 0 Å². The fourth-order valence-electron chi connectivity index (χ4n) is 2.33. The molecule has 0 saturated heterocycles.